The summed E-state index contributed by atoms with van der Waals surface area (Å²) >= 11 is 0. The molecule has 0 atom stereocenters. The summed E-state index contributed by atoms with van der Waals surface area (Å²) in [7, 11) is 3.39. The van der Waals surface area contributed by atoms with E-state index in [0.29, 0.717) is 24.8 Å². The number of ether oxygens (including phenoxy) is 3. The van der Waals surface area contributed by atoms with E-state index in [1.807, 2.05) is 36.4 Å². The number of hydrogen-bond donors (Lipinski definition) is 3. The quantitative estimate of drug-likeness (QED) is 0.231. The highest BCUT2D eigenvalue weighted by Gasteiger charge is 2.18. The molecule has 0 spiro atoms. The van der Waals surface area contributed by atoms with Crippen LogP contribution in [-0.4, -0.2) is 38.7 Å². The molecule has 2 aromatic carbocycles. The highest BCUT2D eigenvalue weighted by Crippen LogP contribution is 2.30. The highest BCUT2D eigenvalue weighted by molar-refractivity contribution is 14.0. The Morgan fingerprint density at radius 1 is 1.09 bits per heavy atom. The lowest BCUT2D eigenvalue weighted by molar-refractivity contribution is -0.119. The molecule has 0 heterocycles. The van der Waals surface area contributed by atoms with Crippen molar-refractivity contribution in [2.75, 3.05) is 20.8 Å². The van der Waals surface area contributed by atoms with Gasteiger partial charge in [-0.2, -0.15) is 0 Å². The zero-order valence-electron chi connectivity index (χ0n) is 19.1. The smallest absolute Gasteiger partial charge is 0.255 e. The van der Waals surface area contributed by atoms with Gasteiger partial charge >= 0.3 is 0 Å². The molecule has 1 aliphatic rings. The Bertz CT molecular complexity index is 932. The third-order valence-corrected chi connectivity index (χ3v) is 5.28. The van der Waals surface area contributed by atoms with Crippen molar-refractivity contribution in [1.29, 1.82) is 0 Å². The summed E-state index contributed by atoms with van der Waals surface area (Å²) < 4.78 is 17.0. The highest BCUT2D eigenvalue weighted by atomic mass is 127. The summed E-state index contributed by atoms with van der Waals surface area (Å²) in [4.78, 5) is 15.2. The Morgan fingerprint density at radius 3 is 2.55 bits per heavy atom. The second kappa shape index (κ2) is 13.8. The molecule has 1 amide bonds. The SMILES string of the molecule is CN=C(NCc1cccc(OCC(N)=O)c1)NCc1ccc(OC)cc1OC1CCCC1.I. The minimum atomic E-state index is -0.507. The van der Waals surface area contributed by atoms with E-state index in [1.165, 1.54) is 12.8 Å². The number of amides is 1. The van der Waals surface area contributed by atoms with Gasteiger partial charge in [0, 0.05) is 31.8 Å². The molecule has 9 heteroatoms. The Labute approximate surface area is 212 Å². The summed E-state index contributed by atoms with van der Waals surface area (Å²) in [6, 6.07) is 13.4. The van der Waals surface area contributed by atoms with Crippen molar-refractivity contribution in [3.8, 4) is 17.2 Å². The molecule has 3 rings (SSSR count). The number of nitrogens with zero attached hydrogens (tertiary/aromatic N) is 1. The van der Waals surface area contributed by atoms with Gasteiger partial charge in [0.2, 0.25) is 0 Å². The largest absolute Gasteiger partial charge is 0.497 e. The minimum absolute atomic E-state index is 0. The molecular formula is C24H33IN4O4. The lowest BCUT2D eigenvalue weighted by Gasteiger charge is -2.19. The standard InChI is InChI=1S/C24H32N4O4.HI/c1-26-24(27-14-17-6-5-9-21(12-17)31-16-23(25)29)28-15-18-10-11-20(30-2)13-22(18)32-19-7-3-4-8-19;/h5-6,9-13,19H,3-4,7-8,14-16H2,1-2H3,(H2,25,29)(H2,26,27,28);1H. The summed E-state index contributed by atoms with van der Waals surface area (Å²) in [5.41, 5.74) is 7.17. The first kappa shape index (κ1) is 26.6. The molecule has 0 saturated heterocycles. The molecule has 0 aromatic heterocycles. The zero-order valence-corrected chi connectivity index (χ0v) is 21.5. The summed E-state index contributed by atoms with van der Waals surface area (Å²) in [5.74, 6) is 2.38. The number of carbonyl (C=O) groups excluding carboxylic acids is 1. The van der Waals surface area contributed by atoms with Crippen molar-refractivity contribution in [3.63, 3.8) is 0 Å². The maximum atomic E-state index is 10.9. The fourth-order valence-corrected chi connectivity index (χ4v) is 3.59. The molecule has 33 heavy (non-hydrogen) atoms. The maximum Gasteiger partial charge on any atom is 0.255 e. The number of guanidine groups is 1. The van der Waals surface area contributed by atoms with E-state index in [0.717, 1.165) is 35.5 Å². The number of aliphatic imine (C=N–C) groups is 1. The van der Waals surface area contributed by atoms with Gasteiger partial charge in [-0.15, -0.1) is 24.0 Å². The van der Waals surface area contributed by atoms with Crippen LogP contribution in [0.15, 0.2) is 47.5 Å². The summed E-state index contributed by atoms with van der Waals surface area (Å²) in [6.45, 7) is 0.961. The van der Waals surface area contributed by atoms with Crippen LogP contribution in [0.25, 0.3) is 0 Å². The van der Waals surface area contributed by atoms with E-state index >= 15 is 0 Å². The van der Waals surface area contributed by atoms with Gasteiger partial charge in [0.05, 0.1) is 13.2 Å². The zero-order chi connectivity index (χ0) is 22.8. The van der Waals surface area contributed by atoms with Gasteiger partial charge < -0.3 is 30.6 Å². The van der Waals surface area contributed by atoms with Crippen molar-refractivity contribution in [2.45, 2.75) is 44.9 Å². The van der Waals surface area contributed by atoms with Crippen LogP contribution in [0, 0.1) is 0 Å². The monoisotopic (exact) mass is 568 g/mol. The fourth-order valence-electron chi connectivity index (χ4n) is 3.59. The number of methoxy groups -OCH3 is 1. The topological polar surface area (TPSA) is 107 Å². The molecule has 2 aromatic rings. The number of primary amides is 1. The molecule has 0 bridgehead atoms. The van der Waals surface area contributed by atoms with Gasteiger partial charge in [0.25, 0.3) is 5.91 Å². The van der Waals surface area contributed by atoms with Gasteiger partial charge in [-0.3, -0.25) is 9.79 Å². The predicted octanol–water partition coefficient (Wildman–Crippen LogP) is 3.36. The normalized spacial score (nSPS) is 13.7. The Hall–Kier alpha value is -2.69. The van der Waals surface area contributed by atoms with Crippen LogP contribution in [-0.2, 0) is 17.9 Å². The molecule has 180 valence electrons. The number of halogens is 1. The van der Waals surface area contributed by atoms with Crippen LogP contribution in [0.1, 0.15) is 36.8 Å². The number of benzene rings is 2. The molecule has 8 nitrogen and oxygen atoms in total. The molecule has 4 N–H and O–H groups in total. The number of nitrogens with one attached hydrogen (secondary N) is 2. The van der Waals surface area contributed by atoms with E-state index in [2.05, 4.69) is 15.6 Å². The first-order valence-electron chi connectivity index (χ1n) is 10.9. The van der Waals surface area contributed by atoms with E-state index in [-0.39, 0.29) is 36.7 Å². The van der Waals surface area contributed by atoms with Crippen molar-refractivity contribution in [2.24, 2.45) is 10.7 Å². The first-order chi connectivity index (χ1) is 15.6. The molecule has 1 aliphatic carbocycles. The van der Waals surface area contributed by atoms with Crippen LogP contribution < -0.4 is 30.6 Å². The average molecular weight is 568 g/mol. The van der Waals surface area contributed by atoms with Gasteiger partial charge in [-0.25, -0.2) is 0 Å². The fraction of sp³-hybridized carbons (Fsp3) is 0.417. The summed E-state index contributed by atoms with van der Waals surface area (Å²) in [5, 5.41) is 6.63. The Balaban J connectivity index is 0.00000385. The second-order valence-electron chi connectivity index (χ2n) is 7.68. The summed E-state index contributed by atoms with van der Waals surface area (Å²) in [6.07, 6.45) is 4.88. The first-order valence-corrected chi connectivity index (χ1v) is 10.9. The van der Waals surface area contributed by atoms with Crippen molar-refractivity contribution >= 4 is 35.8 Å². The third-order valence-electron chi connectivity index (χ3n) is 5.28. The van der Waals surface area contributed by atoms with Crippen molar-refractivity contribution in [1.82, 2.24) is 10.6 Å². The van der Waals surface area contributed by atoms with Crippen molar-refractivity contribution in [3.05, 3.63) is 53.6 Å². The van der Waals surface area contributed by atoms with E-state index < -0.39 is 5.91 Å². The van der Waals surface area contributed by atoms with Gasteiger partial charge in [-0.1, -0.05) is 12.1 Å². The number of nitrogens with two attached hydrogens (primary N) is 1. The number of carbonyl (C=O) groups is 1. The molecular weight excluding hydrogens is 535 g/mol. The maximum absolute atomic E-state index is 10.9. The van der Waals surface area contributed by atoms with E-state index in [4.69, 9.17) is 19.9 Å². The molecule has 1 fully saturated rings. The predicted molar refractivity (Wildman–Crippen MR) is 139 cm³/mol. The van der Waals surface area contributed by atoms with Crippen LogP contribution in [0.3, 0.4) is 0 Å². The molecule has 0 radical (unpaired) electrons. The van der Waals surface area contributed by atoms with Crippen LogP contribution in [0.5, 0.6) is 17.2 Å². The lowest BCUT2D eigenvalue weighted by Crippen LogP contribution is -2.36. The van der Waals surface area contributed by atoms with Crippen LogP contribution in [0.2, 0.25) is 0 Å². The van der Waals surface area contributed by atoms with Crippen molar-refractivity contribution < 1.29 is 19.0 Å². The molecule has 0 unspecified atom stereocenters. The Morgan fingerprint density at radius 2 is 1.85 bits per heavy atom. The van der Waals surface area contributed by atoms with Gasteiger partial charge in [0.15, 0.2) is 12.6 Å². The number of rotatable bonds is 10. The Kier molecular flexibility index (Phi) is 11.1. The molecule has 1 saturated carbocycles. The van der Waals surface area contributed by atoms with E-state index in [9.17, 15) is 4.79 Å². The number of hydrogen-bond acceptors (Lipinski definition) is 5. The lowest BCUT2D eigenvalue weighted by atomic mass is 10.1. The third kappa shape index (κ3) is 8.64. The average Bonchev–Trinajstić information content (AvgIpc) is 3.32. The van der Waals surface area contributed by atoms with Gasteiger partial charge in [-0.05, 0) is 55.5 Å². The van der Waals surface area contributed by atoms with Gasteiger partial charge in [0.1, 0.15) is 17.2 Å². The minimum Gasteiger partial charge on any atom is -0.497 e. The molecule has 0 aliphatic heterocycles. The second-order valence-corrected chi connectivity index (χ2v) is 7.68. The van der Waals surface area contributed by atoms with E-state index in [1.54, 1.807) is 20.2 Å². The van der Waals surface area contributed by atoms with Crippen LogP contribution >= 0.6 is 24.0 Å². The van der Waals surface area contributed by atoms with Crippen LogP contribution in [0.4, 0.5) is 0 Å².